The number of hydrogen-bond acceptors (Lipinski definition) is 6. The van der Waals surface area contributed by atoms with Gasteiger partial charge in [-0.05, 0) is 37.0 Å². The van der Waals surface area contributed by atoms with Gasteiger partial charge < -0.3 is 14.9 Å². The number of rotatable bonds is 5. The summed E-state index contributed by atoms with van der Waals surface area (Å²) >= 11 is 1.32. The van der Waals surface area contributed by atoms with Crippen molar-refractivity contribution in [2.45, 2.75) is 39.4 Å². The van der Waals surface area contributed by atoms with Crippen molar-refractivity contribution in [1.82, 2.24) is 0 Å². The molecule has 0 spiro atoms. The molecule has 1 unspecified atom stereocenters. The van der Waals surface area contributed by atoms with Crippen LogP contribution < -0.4 is 0 Å². The van der Waals surface area contributed by atoms with E-state index in [1.54, 1.807) is 6.92 Å². The van der Waals surface area contributed by atoms with Crippen LogP contribution in [-0.2, 0) is 16.0 Å². The predicted molar refractivity (Wildman–Crippen MR) is 93.7 cm³/mol. The van der Waals surface area contributed by atoms with E-state index in [1.807, 2.05) is 20.8 Å². The van der Waals surface area contributed by atoms with Crippen LogP contribution in [0.5, 0.6) is 5.75 Å². The molecule has 0 saturated heterocycles. The third-order valence-electron chi connectivity index (χ3n) is 4.85. The van der Waals surface area contributed by atoms with Gasteiger partial charge in [-0.2, -0.15) is 0 Å². The van der Waals surface area contributed by atoms with Crippen LogP contribution in [0.15, 0.2) is 0 Å². The van der Waals surface area contributed by atoms with E-state index in [2.05, 4.69) is 4.74 Å². The second kappa shape index (κ2) is 6.76. The highest BCUT2D eigenvalue weighted by atomic mass is 32.2. The van der Waals surface area contributed by atoms with Gasteiger partial charge in [0.2, 0.25) is 0 Å². The minimum atomic E-state index is -0.729. The third-order valence-corrected chi connectivity index (χ3v) is 6.41. The molecule has 0 aromatic heterocycles. The van der Waals surface area contributed by atoms with E-state index in [0.29, 0.717) is 23.1 Å². The molecule has 0 fully saturated rings. The molecule has 1 aromatic carbocycles. The molecular weight excluding hydrogens is 328 g/mol. The molecule has 0 saturated carbocycles. The fourth-order valence-electron chi connectivity index (χ4n) is 3.44. The van der Waals surface area contributed by atoms with Crippen molar-refractivity contribution < 1.29 is 24.5 Å². The molecule has 0 aliphatic heterocycles. The van der Waals surface area contributed by atoms with Gasteiger partial charge in [-0.3, -0.25) is 9.59 Å². The van der Waals surface area contributed by atoms with Crippen LogP contribution in [0.3, 0.4) is 0 Å². The predicted octanol–water partition coefficient (Wildman–Crippen LogP) is 2.71. The van der Waals surface area contributed by atoms with Gasteiger partial charge in [-0.25, -0.2) is 0 Å². The number of benzene rings is 1. The van der Waals surface area contributed by atoms with E-state index in [4.69, 9.17) is 0 Å². The van der Waals surface area contributed by atoms with Crippen molar-refractivity contribution in [2.75, 3.05) is 19.5 Å². The highest BCUT2D eigenvalue weighted by Gasteiger charge is 2.49. The van der Waals surface area contributed by atoms with Gasteiger partial charge in [0.05, 0.1) is 12.9 Å². The number of aliphatic hydroxyl groups excluding tert-OH is 1. The molecule has 0 heterocycles. The van der Waals surface area contributed by atoms with Crippen LogP contribution in [0.1, 0.15) is 51.7 Å². The molecule has 24 heavy (non-hydrogen) atoms. The fraction of sp³-hybridized carbons (Fsp3) is 0.556. The van der Waals surface area contributed by atoms with Crippen LogP contribution in [0.2, 0.25) is 0 Å². The normalized spacial score (nSPS) is 18.6. The summed E-state index contributed by atoms with van der Waals surface area (Å²) in [7, 11) is 1.33. The highest BCUT2D eigenvalue weighted by Crippen LogP contribution is 2.57. The number of aromatic hydroxyl groups is 1. The zero-order valence-electron chi connectivity index (χ0n) is 14.7. The van der Waals surface area contributed by atoms with E-state index in [1.165, 1.54) is 18.9 Å². The van der Waals surface area contributed by atoms with Gasteiger partial charge in [-0.1, -0.05) is 13.8 Å². The number of Topliss-reactive ketones (excluding diaryl/α,β-unsaturated/α-hetero) is 1. The van der Waals surface area contributed by atoms with Gasteiger partial charge in [0.25, 0.3) is 0 Å². The monoisotopic (exact) mass is 352 g/mol. The number of esters is 1. The van der Waals surface area contributed by atoms with Crippen LogP contribution >= 0.6 is 11.8 Å². The smallest absolute Gasteiger partial charge is 0.315 e. The van der Waals surface area contributed by atoms with Gasteiger partial charge >= 0.3 is 5.97 Å². The summed E-state index contributed by atoms with van der Waals surface area (Å²) < 4.78 is 4.69. The fourth-order valence-corrected chi connectivity index (χ4v) is 4.78. The molecule has 132 valence electrons. The number of phenols is 1. The first-order chi connectivity index (χ1) is 11.2. The Bertz CT molecular complexity index is 693. The standard InChI is InChI=1S/C18H24O5S/c1-9-11(6-7-19)10(2)15(21)14-13(9)16(22)18(3,4)17(14)24-8-12(20)23-5/h17,19,21H,6-8H2,1-5H3. The number of hydrogen-bond donors (Lipinski definition) is 2. The molecule has 1 aromatic rings. The van der Waals surface area contributed by atoms with Gasteiger partial charge in [0.15, 0.2) is 5.78 Å². The lowest BCUT2D eigenvalue weighted by atomic mass is 9.87. The van der Waals surface area contributed by atoms with Gasteiger partial charge in [0.1, 0.15) is 5.75 Å². The average molecular weight is 352 g/mol. The number of ketones is 1. The molecular formula is C18H24O5S. The molecule has 5 nitrogen and oxygen atoms in total. The molecule has 6 heteroatoms. The van der Waals surface area contributed by atoms with Crippen LogP contribution in [0, 0.1) is 19.3 Å². The van der Waals surface area contributed by atoms with E-state index in [9.17, 15) is 19.8 Å². The molecule has 2 rings (SSSR count). The summed E-state index contributed by atoms with van der Waals surface area (Å²) in [5.74, 6) is -0.179. The van der Waals surface area contributed by atoms with Crippen molar-refractivity contribution in [1.29, 1.82) is 0 Å². The Labute approximate surface area is 146 Å². The number of thioether (sulfide) groups is 1. The van der Waals surface area contributed by atoms with Gasteiger partial charge in [0, 0.05) is 28.4 Å². The first kappa shape index (κ1) is 18.8. The Hall–Kier alpha value is -1.53. The van der Waals surface area contributed by atoms with Crippen molar-refractivity contribution in [2.24, 2.45) is 5.41 Å². The summed E-state index contributed by atoms with van der Waals surface area (Å²) in [5, 5.41) is 19.7. The number of carbonyl (C=O) groups excluding carboxylic acids is 2. The molecule has 1 aliphatic carbocycles. The van der Waals surface area contributed by atoms with E-state index >= 15 is 0 Å². The Kier molecular flexibility index (Phi) is 5.30. The van der Waals surface area contributed by atoms with E-state index in [-0.39, 0.29) is 35.1 Å². The van der Waals surface area contributed by atoms with Crippen molar-refractivity contribution >= 4 is 23.5 Å². The number of phenolic OH excluding ortho intramolecular Hbond substituents is 1. The average Bonchev–Trinajstić information content (AvgIpc) is 2.74. The molecule has 0 bridgehead atoms. The lowest BCUT2D eigenvalue weighted by Crippen LogP contribution is -2.23. The minimum Gasteiger partial charge on any atom is -0.507 e. The molecule has 1 atom stereocenters. The number of carbonyl (C=O) groups is 2. The lowest BCUT2D eigenvalue weighted by molar-refractivity contribution is -0.137. The maximum absolute atomic E-state index is 13.0. The molecule has 2 N–H and O–H groups in total. The summed E-state index contributed by atoms with van der Waals surface area (Å²) in [6.07, 6.45) is 0.395. The first-order valence-electron chi connectivity index (χ1n) is 7.87. The molecule has 0 radical (unpaired) electrons. The van der Waals surface area contributed by atoms with Crippen molar-refractivity contribution in [3.63, 3.8) is 0 Å². The maximum Gasteiger partial charge on any atom is 0.315 e. The summed E-state index contributed by atoms with van der Waals surface area (Å²) in [6.45, 7) is 7.29. The van der Waals surface area contributed by atoms with Crippen LogP contribution in [0.25, 0.3) is 0 Å². The third kappa shape index (κ3) is 2.82. The van der Waals surface area contributed by atoms with Crippen LogP contribution in [-0.4, -0.2) is 41.4 Å². The van der Waals surface area contributed by atoms with E-state index < -0.39 is 5.41 Å². The summed E-state index contributed by atoms with van der Waals surface area (Å²) in [5.41, 5.74) is 2.73. The second-order valence-electron chi connectivity index (χ2n) is 6.66. The molecule has 0 amide bonds. The minimum absolute atomic E-state index is 0.0353. The lowest BCUT2D eigenvalue weighted by Gasteiger charge is -2.25. The summed E-state index contributed by atoms with van der Waals surface area (Å²) in [6, 6.07) is 0. The maximum atomic E-state index is 13.0. The zero-order chi connectivity index (χ0) is 18.2. The van der Waals surface area contributed by atoms with Crippen molar-refractivity contribution in [3.05, 3.63) is 27.8 Å². The quantitative estimate of drug-likeness (QED) is 0.793. The number of ether oxygens (including phenoxy) is 1. The summed E-state index contributed by atoms with van der Waals surface area (Å²) in [4.78, 5) is 24.5. The highest BCUT2D eigenvalue weighted by molar-refractivity contribution is 8.00. The topological polar surface area (TPSA) is 83.8 Å². The Balaban J connectivity index is 2.61. The van der Waals surface area contributed by atoms with Crippen LogP contribution in [0.4, 0.5) is 0 Å². The number of aliphatic hydroxyl groups is 1. The molecule has 1 aliphatic rings. The SMILES string of the molecule is COC(=O)CSC1c2c(O)c(C)c(CCO)c(C)c2C(=O)C1(C)C. The first-order valence-corrected chi connectivity index (χ1v) is 8.92. The Morgan fingerprint density at radius 3 is 2.46 bits per heavy atom. The Morgan fingerprint density at radius 1 is 1.29 bits per heavy atom. The number of methoxy groups -OCH3 is 1. The van der Waals surface area contributed by atoms with E-state index in [0.717, 1.165) is 11.1 Å². The zero-order valence-corrected chi connectivity index (χ0v) is 15.5. The van der Waals surface area contributed by atoms with Gasteiger partial charge in [-0.15, -0.1) is 11.8 Å². The number of fused-ring (bicyclic) bond motifs is 1. The second-order valence-corrected chi connectivity index (χ2v) is 7.75. The Morgan fingerprint density at radius 2 is 1.92 bits per heavy atom. The van der Waals surface area contributed by atoms with Crippen molar-refractivity contribution in [3.8, 4) is 5.75 Å². The largest absolute Gasteiger partial charge is 0.507 e.